The molecule has 0 amide bonds. The van der Waals surface area contributed by atoms with E-state index in [9.17, 15) is 0 Å². The average molecular weight is 525 g/mol. The second-order valence-electron chi connectivity index (χ2n) is 10.1. The summed E-state index contributed by atoms with van der Waals surface area (Å²) in [5.74, 6) is 3.57. The minimum atomic E-state index is -0.127. The lowest BCUT2D eigenvalue weighted by molar-refractivity contribution is 0.354. The highest BCUT2D eigenvalue weighted by molar-refractivity contribution is 6.32. The summed E-state index contributed by atoms with van der Waals surface area (Å²) in [5.41, 5.74) is 2.28. The number of nitrogens with zero attached hydrogens (tertiary/aromatic N) is 6. The maximum atomic E-state index is 6.73. The van der Waals surface area contributed by atoms with Gasteiger partial charge in [0.2, 0.25) is 5.95 Å². The molecule has 1 saturated carbocycles. The summed E-state index contributed by atoms with van der Waals surface area (Å²) >= 11 is 6.73. The molecule has 196 valence electrons. The first-order valence-corrected chi connectivity index (χ1v) is 13.4. The minimum absolute atomic E-state index is 0.127. The van der Waals surface area contributed by atoms with E-state index in [4.69, 9.17) is 41.0 Å². The third-order valence-electron chi connectivity index (χ3n) is 7.49. The first-order valence-electron chi connectivity index (χ1n) is 13.0. The van der Waals surface area contributed by atoms with Crippen molar-refractivity contribution in [3.63, 3.8) is 0 Å². The molecular weight excluding hydrogens is 492 g/mol. The zero-order valence-electron chi connectivity index (χ0n) is 21.4. The smallest absolute Gasteiger partial charge is 0.229 e. The molecule has 3 aliphatic rings. The Morgan fingerprint density at radius 3 is 2.41 bits per heavy atom. The lowest BCUT2D eigenvalue weighted by Crippen LogP contribution is -2.44. The molecule has 0 bridgehead atoms. The summed E-state index contributed by atoms with van der Waals surface area (Å²) in [6, 6.07) is 6.05. The van der Waals surface area contributed by atoms with Gasteiger partial charge >= 0.3 is 0 Å². The number of nitrogens with one attached hydrogen (secondary N) is 2. The molecule has 11 heteroatoms. The highest BCUT2D eigenvalue weighted by atomic mass is 35.5. The van der Waals surface area contributed by atoms with Crippen LogP contribution < -0.4 is 29.9 Å². The Kier molecular flexibility index (Phi) is 6.54. The van der Waals surface area contributed by atoms with Crippen LogP contribution in [0.4, 0.5) is 17.6 Å². The van der Waals surface area contributed by atoms with Crippen molar-refractivity contribution in [2.75, 3.05) is 68.6 Å². The number of fused-ring (bicyclic) bond motifs is 1. The van der Waals surface area contributed by atoms with Crippen LogP contribution >= 0.6 is 11.6 Å². The van der Waals surface area contributed by atoms with Gasteiger partial charge in [0.1, 0.15) is 0 Å². The van der Waals surface area contributed by atoms with Gasteiger partial charge in [-0.1, -0.05) is 17.7 Å². The number of anilines is 3. The fourth-order valence-electron chi connectivity index (χ4n) is 5.27. The van der Waals surface area contributed by atoms with E-state index < -0.39 is 0 Å². The molecule has 3 fully saturated rings. The summed E-state index contributed by atoms with van der Waals surface area (Å²) in [7, 11) is 3.30. The van der Waals surface area contributed by atoms with Crippen molar-refractivity contribution in [2.24, 2.45) is 0 Å². The zero-order valence-corrected chi connectivity index (χ0v) is 22.1. The lowest BCUT2D eigenvalue weighted by atomic mass is 10.0. The molecule has 0 unspecified atom stereocenters. The molecule has 0 atom stereocenters. The number of ether oxygens (including phenoxy) is 2. The van der Waals surface area contributed by atoms with Crippen LogP contribution in [0.15, 0.2) is 18.2 Å². The molecule has 2 aromatic heterocycles. The molecule has 2 N–H and O–H groups in total. The van der Waals surface area contributed by atoms with E-state index in [1.165, 1.54) is 0 Å². The molecule has 0 spiro atoms. The van der Waals surface area contributed by atoms with Crippen molar-refractivity contribution < 1.29 is 9.47 Å². The predicted octanol–water partition coefficient (Wildman–Crippen LogP) is 3.29. The second-order valence-corrected chi connectivity index (χ2v) is 10.4. The summed E-state index contributed by atoms with van der Waals surface area (Å²) in [6.45, 7) is 5.48. The summed E-state index contributed by atoms with van der Waals surface area (Å²) in [5, 5.41) is 7.37. The van der Waals surface area contributed by atoms with Crippen LogP contribution in [0.3, 0.4) is 0 Å². The van der Waals surface area contributed by atoms with E-state index in [2.05, 4.69) is 26.5 Å². The van der Waals surface area contributed by atoms with E-state index in [-0.39, 0.29) is 5.54 Å². The highest BCUT2D eigenvalue weighted by Crippen LogP contribution is 2.44. The van der Waals surface area contributed by atoms with Crippen LogP contribution in [0.25, 0.3) is 11.2 Å². The van der Waals surface area contributed by atoms with Crippen molar-refractivity contribution in [3.8, 4) is 11.5 Å². The lowest BCUT2D eigenvalue weighted by Gasteiger charge is -2.28. The van der Waals surface area contributed by atoms with Crippen LogP contribution in [0, 0.1) is 0 Å². The van der Waals surface area contributed by atoms with Crippen LogP contribution in [-0.4, -0.2) is 79.0 Å². The Balaban J connectivity index is 1.32. The molecule has 0 radical (unpaired) electrons. The fourth-order valence-corrected chi connectivity index (χ4v) is 5.44. The van der Waals surface area contributed by atoms with Crippen molar-refractivity contribution in [1.82, 2.24) is 25.3 Å². The Morgan fingerprint density at radius 1 is 0.946 bits per heavy atom. The van der Waals surface area contributed by atoms with Gasteiger partial charge in [0.15, 0.2) is 39.5 Å². The largest absolute Gasteiger partial charge is 0.493 e. The van der Waals surface area contributed by atoms with Crippen LogP contribution in [0.5, 0.6) is 11.5 Å². The van der Waals surface area contributed by atoms with Gasteiger partial charge in [-0.05, 0) is 49.8 Å². The maximum absolute atomic E-state index is 6.73. The number of halogens is 1. The third kappa shape index (κ3) is 4.92. The molecule has 6 rings (SSSR count). The summed E-state index contributed by atoms with van der Waals surface area (Å²) in [4.78, 5) is 24.0. The van der Waals surface area contributed by atoms with Gasteiger partial charge in [0.05, 0.1) is 14.2 Å². The highest BCUT2D eigenvalue weighted by Gasteiger charge is 2.43. The van der Waals surface area contributed by atoms with Gasteiger partial charge in [-0.3, -0.25) is 0 Å². The van der Waals surface area contributed by atoms with Gasteiger partial charge in [-0.15, -0.1) is 0 Å². The number of hydrogen-bond donors (Lipinski definition) is 2. The molecule has 3 aromatic rings. The third-order valence-corrected chi connectivity index (χ3v) is 7.76. The first kappa shape index (κ1) is 24.2. The number of benzene rings is 1. The van der Waals surface area contributed by atoms with Crippen molar-refractivity contribution >= 4 is 40.3 Å². The standard InChI is InChI=1S/C26H33ClN8O2/c1-36-18-6-5-17(15-19(18)37-2)16-26(7-8-26)33-23-21(27)29-20-22(30-23)31-25(35-13-9-28-10-14-35)32-24(20)34-11-3-4-12-34/h5-6,15,28H,3-4,7-14,16H2,1-2H3,(H,30,31,32,33). The van der Waals surface area contributed by atoms with Crippen LogP contribution in [0.1, 0.15) is 31.2 Å². The Morgan fingerprint density at radius 2 is 1.70 bits per heavy atom. The van der Waals surface area contributed by atoms with Gasteiger partial charge in [0, 0.05) is 44.8 Å². The Bertz CT molecular complexity index is 1290. The molecule has 4 heterocycles. The van der Waals surface area contributed by atoms with E-state index in [1.54, 1.807) is 14.2 Å². The number of aromatic nitrogens is 4. The van der Waals surface area contributed by atoms with Gasteiger partial charge in [-0.2, -0.15) is 9.97 Å². The zero-order chi connectivity index (χ0) is 25.4. The number of piperazine rings is 1. The molecule has 2 saturated heterocycles. The summed E-state index contributed by atoms with van der Waals surface area (Å²) in [6.07, 6.45) is 5.15. The Hall–Kier alpha value is -3.11. The number of methoxy groups -OCH3 is 2. The number of hydrogen-bond acceptors (Lipinski definition) is 10. The topological polar surface area (TPSA) is 101 Å². The summed E-state index contributed by atoms with van der Waals surface area (Å²) < 4.78 is 10.9. The van der Waals surface area contributed by atoms with Gasteiger partial charge in [0.25, 0.3) is 0 Å². The predicted molar refractivity (Wildman–Crippen MR) is 146 cm³/mol. The first-order chi connectivity index (χ1) is 18.1. The molecule has 10 nitrogen and oxygen atoms in total. The van der Waals surface area contributed by atoms with Crippen molar-refractivity contribution in [1.29, 1.82) is 0 Å². The molecule has 1 aromatic carbocycles. The number of rotatable bonds is 8. The van der Waals surface area contributed by atoms with E-state index in [0.717, 1.165) is 94.3 Å². The second kappa shape index (κ2) is 9.98. The van der Waals surface area contributed by atoms with E-state index >= 15 is 0 Å². The fraction of sp³-hybridized carbons (Fsp3) is 0.538. The van der Waals surface area contributed by atoms with Crippen molar-refractivity contribution in [2.45, 2.75) is 37.6 Å². The molecular formula is C26H33ClN8O2. The monoisotopic (exact) mass is 524 g/mol. The van der Waals surface area contributed by atoms with Gasteiger partial charge < -0.3 is 29.9 Å². The van der Waals surface area contributed by atoms with E-state index in [0.29, 0.717) is 28.1 Å². The molecule has 1 aliphatic carbocycles. The van der Waals surface area contributed by atoms with E-state index in [1.807, 2.05) is 12.1 Å². The SMILES string of the molecule is COc1ccc(CC2(Nc3nc4nc(N5CCNCC5)nc(N5CCCC5)c4nc3Cl)CC2)cc1OC. The molecule has 37 heavy (non-hydrogen) atoms. The van der Waals surface area contributed by atoms with Gasteiger partial charge in [-0.25, -0.2) is 9.97 Å². The van der Waals surface area contributed by atoms with Crippen LogP contribution in [-0.2, 0) is 6.42 Å². The van der Waals surface area contributed by atoms with Crippen molar-refractivity contribution in [3.05, 3.63) is 28.9 Å². The van der Waals surface area contributed by atoms with Crippen LogP contribution in [0.2, 0.25) is 5.15 Å². The minimum Gasteiger partial charge on any atom is -0.493 e. The maximum Gasteiger partial charge on any atom is 0.229 e. The normalized spacial score (nSPS) is 18.8. The average Bonchev–Trinajstić information content (AvgIpc) is 3.44. The Labute approximate surface area is 221 Å². The molecule has 2 aliphatic heterocycles. The quantitative estimate of drug-likeness (QED) is 0.456.